The first-order valence-electron chi connectivity index (χ1n) is 9.30. The molecule has 29 heavy (non-hydrogen) atoms. The third kappa shape index (κ3) is 2.92. The molecule has 0 aliphatic heterocycles. The van der Waals surface area contributed by atoms with E-state index in [1.54, 1.807) is 0 Å². The number of ether oxygens (including phenoxy) is 1. The van der Waals surface area contributed by atoms with Crippen LogP contribution in [0.3, 0.4) is 0 Å². The molecule has 2 N–H and O–H groups in total. The van der Waals surface area contributed by atoms with Crippen LogP contribution in [0.2, 0.25) is 0 Å². The second kappa shape index (κ2) is 5.90. The van der Waals surface area contributed by atoms with Crippen LogP contribution in [0.1, 0.15) is 52.4 Å². The predicted molar refractivity (Wildman–Crippen MR) is 88.4 cm³/mol. The van der Waals surface area contributed by atoms with Crippen molar-refractivity contribution in [3.8, 4) is 0 Å². The van der Waals surface area contributed by atoms with E-state index in [0.717, 1.165) is 6.08 Å². The highest BCUT2D eigenvalue weighted by atomic mass is 19.4. The summed E-state index contributed by atoms with van der Waals surface area (Å²) in [6.07, 6.45) is -13.0. The van der Waals surface area contributed by atoms with Crippen molar-refractivity contribution < 1.29 is 46.1 Å². The van der Waals surface area contributed by atoms with E-state index in [0.29, 0.717) is 0 Å². The minimum atomic E-state index is -6.00. The summed E-state index contributed by atoms with van der Waals surface area (Å²) in [6, 6.07) is 0. The molecule has 0 amide bonds. The largest absolute Gasteiger partial charge is 0.456 e. The Balaban J connectivity index is 2.24. The average Bonchev–Trinajstić information content (AvgIpc) is 2.48. The number of alkyl halides is 6. The lowest BCUT2D eigenvalue weighted by molar-refractivity contribution is -0.430. The Bertz CT molecular complexity index is 710. The maximum atomic E-state index is 13.8. The van der Waals surface area contributed by atoms with Crippen LogP contribution in [0.5, 0.6) is 0 Å². The predicted octanol–water partition coefficient (Wildman–Crippen LogP) is 4.05. The molecule has 4 bridgehead atoms. The first kappa shape index (κ1) is 22.4. The Kier molecular flexibility index (Phi) is 4.56. The normalized spacial score (nSPS) is 37.5. The van der Waals surface area contributed by atoms with E-state index in [1.807, 2.05) is 0 Å². The maximum absolute atomic E-state index is 13.8. The maximum Gasteiger partial charge on any atom is 0.426 e. The number of aliphatic hydroxyl groups is 2. The van der Waals surface area contributed by atoms with Crippen molar-refractivity contribution in [2.45, 2.75) is 81.5 Å². The van der Waals surface area contributed by atoms with Gasteiger partial charge in [0.15, 0.2) is 0 Å². The standard InChI is InChI=1S/C19H24F6O4/c1-4-12(26)29-16-7-11-5-14(9-16,13(2,3)27)8-15(6-11,10-16)17(28,18(20,21)22)19(23,24)25/h4,11,27-28H,1,5-10H2,2-3H3. The van der Waals surface area contributed by atoms with Crippen molar-refractivity contribution in [1.29, 1.82) is 0 Å². The van der Waals surface area contributed by atoms with Crippen molar-refractivity contribution in [1.82, 2.24) is 0 Å². The third-order valence-electron chi connectivity index (χ3n) is 7.39. The van der Waals surface area contributed by atoms with Gasteiger partial charge in [-0.25, -0.2) is 4.79 Å². The molecular weight excluding hydrogens is 406 g/mol. The van der Waals surface area contributed by atoms with E-state index in [9.17, 15) is 41.4 Å². The second-order valence-corrected chi connectivity index (χ2v) is 9.64. The Hall–Kier alpha value is -1.29. The summed E-state index contributed by atoms with van der Waals surface area (Å²) in [5.41, 5.74) is -12.3. The summed E-state index contributed by atoms with van der Waals surface area (Å²) in [4.78, 5) is 11.9. The van der Waals surface area contributed by atoms with Crippen molar-refractivity contribution in [3.63, 3.8) is 0 Å². The Morgan fingerprint density at radius 3 is 1.90 bits per heavy atom. The van der Waals surface area contributed by atoms with Gasteiger partial charge in [0.1, 0.15) is 5.60 Å². The number of carbonyl (C=O) groups excluding carboxylic acids is 1. The molecule has 0 radical (unpaired) electrons. The van der Waals surface area contributed by atoms with Crippen LogP contribution in [0, 0.1) is 16.7 Å². The monoisotopic (exact) mass is 430 g/mol. The summed E-state index contributed by atoms with van der Waals surface area (Å²) < 4.78 is 88.3. The van der Waals surface area contributed by atoms with E-state index in [-0.39, 0.29) is 19.3 Å². The second-order valence-electron chi connectivity index (χ2n) is 9.64. The summed E-state index contributed by atoms with van der Waals surface area (Å²) in [6.45, 7) is 5.90. The average molecular weight is 430 g/mol. The molecule has 0 saturated heterocycles. The summed E-state index contributed by atoms with van der Waals surface area (Å²) >= 11 is 0. The van der Waals surface area contributed by atoms with Gasteiger partial charge in [-0.05, 0) is 58.3 Å². The molecule has 4 atom stereocenters. The minimum Gasteiger partial charge on any atom is -0.456 e. The molecule has 0 spiro atoms. The molecule has 4 saturated carbocycles. The Labute approximate surface area is 163 Å². The fourth-order valence-electron chi connectivity index (χ4n) is 6.57. The molecule has 0 aromatic heterocycles. The number of rotatable bonds is 4. The molecule has 10 heteroatoms. The molecule has 0 aromatic carbocycles. The number of esters is 1. The first-order valence-corrected chi connectivity index (χ1v) is 9.30. The molecule has 4 fully saturated rings. The summed E-state index contributed by atoms with van der Waals surface area (Å²) in [7, 11) is 0. The number of halogens is 6. The Morgan fingerprint density at radius 1 is 0.966 bits per heavy atom. The van der Waals surface area contributed by atoms with Gasteiger partial charge in [0, 0.05) is 16.9 Å². The molecule has 4 nitrogen and oxygen atoms in total. The Morgan fingerprint density at radius 2 is 1.45 bits per heavy atom. The zero-order valence-electron chi connectivity index (χ0n) is 16.1. The lowest BCUT2D eigenvalue weighted by Gasteiger charge is -2.70. The van der Waals surface area contributed by atoms with E-state index in [1.165, 1.54) is 13.8 Å². The number of carbonyl (C=O) groups is 1. The molecule has 166 valence electrons. The van der Waals surface area contributed by atoms with Crippen molar-refractivity contribution in [3.05, 3.63) is 12.7 Å². The van der Waals surface area contributed by atoms with Crippen LogP contribution >= 0.6 is 0 Å². The van der Waals surface area contributed by atoms with E-state index in [2.05, 4.69) is 6.58 Å². The molecule has 4 unspecified atom stereocenters. The van der Waals surface area contributed by atoms with Gasteiger partial charge in [0.05, 0.1) is 5.60 Å². The van der Waals surface area contributed by atoms with Gasteiger partial charge < -0.3 is 14.9 Å². The first-order chi connectivity index (χ1) is 12.9. The van der Waals surface area contributed by atoms with Crippen LogP contribution in [0.4, 0.5) is 26.3 Å². The van der Waals surface area contributed by atoms with Gasteiger partial charge in [0.25, 0.3) is 5.60 Å². The lowest BCUT2D eigenvalue weighted by atomic mass is 9.37. The van der Waals surface area contributed by atoms with Gasteiger partial charge in [-0.2, -0.15) is 26.3 Å². The van der Waals surface area contributed by atoms with Gasteiger partial charge in [0.2, 0.25) is 0 Å². The molecule has 4 rings (SSSR count). The van der Waals surface area contributed by atoms with Crippen molar-refractivity contribution in [2.75, 3.05) is 0 Å². The van der Waals surface area contributed by atoms with E-state index < -0.39 is 71.1 Å². The highest BCUT2D eigenvalue weighted by molar-refractivity contribution is 5.81. The molecular formula is C19H24F6O4. The van der Waals surface area contributed by atoms with Gasteiger partial charge in [-0.15, -0.1) is 0 Å². The van der Waals surface area contributed by atoms with Crippen LogP contribution in [-0.2, 0) is 9.53 Å². The topological polar surface area (TPSA) is 66.8 Å². The lowest BCUT2D eigenvalue weighted by Crippen LogP contribution is -2.76. The van der Waals surface area contributed by atoms with E-state index in [4.69, 9.17) is 4.74 Å². The fraction of sp³-hybridized carbons (Fsp3) is 0.842. The van der Waals surface area contributed by atoms with Gasteiger partial charge in [-0.1, -0.05) is 6.58 Å². The zero-order valence-corrected chi connectivity index (χ0v) is 16.1. The van der Waals surface area contributed by atoms with Gasteiger partial charge >= 0.3 is 18.3 Å². The SMILES string of the molecule is C=CC(=O)OC12CC3CC(C(C)(C)O)(C1)CC(C(O)(C(F)(F)F)C(F)(F)F)(C3)C2. The van der Waals surface area contributed by atoms with Gasteiger partial charge in [-0.3, -0.25) is 0 Å². The summed E-state index contributed by atoms with van der Waals surface area (Å²) in [5.74, 6) is -1.64. The number of hydrogen-bond donors (Lipinski definition) is 2. The third-order valence-corrected chi connectivity index (χ3v) is 7.39. The molecule has 0 aromatic rings. The molecule has 4 aliphatic rings. The molecule has 4 aliphatic carbocycles. The zero-order chi connectivity index (χ0) is 22.3. The van der Waals surface area contributed by atoms with E-state index >= 15 is 0 Å². The van der Waals surface area contributed by atoms with Crippen molar-refractivity contribution >= 4 is 5.97 Å². The minimum absolute atomic E-state index is 0.0763. The quantitative estimate of drug-likeness (QED) is 0.401. The number of hydrogen-bond acceptors (Lipinski definition) is 4. The molecule has 0 heterocycles. The van der Waals surface area contributed by atoms with Crippen LogP contribution in [0.25, 0.3) is 0 Å². The highest BCUT2D eigenvalue weighted by Crippen LogP contribution is 2.75. The van der Waals surface area contributed by atoms with Crippen LogP contribution < -0.4 is 0 Å². The highest BCUT2D eigenvalue weighted by Gasteiger charge is 2.84. The van der Waals surface area contributed by atoms with Crippen LogP contribution in [-0.4, -0.2) is 45.3 Å². The van der Waals surface area contributed by atoms with Crippen molar-refractivity contribution in [2.24, 2.45) is 16.7 Å². The van der Waals surface area contributed by atoms with Crippen LogP contribution in [0.15, 0.2) is 12.7 Å². The summed E-state index contributed by atoms with van der Waals surface area (Å²) in [5, 5.41) is 21.1. The fourth-order valence-corrected chi connectivity index (χ4v) is 6.57. The smallest absolute Gasteiger partial charge is 0.426 e.